The summed E-state index contributed by atoms with van der Waals surface area (Å²) in [6, 6.07) is 8.75. The first-order chi connectivity index (χ1) is 13.8. The van der Waals surface area contributed by atoms with Crippen LogP contribution in [0.15, 0.2) is 24.3 Å². The summed E-state index contributed by atoms with van der Waals surface area (Å²) in [6.07, 6.45) is 5.36. The predicted molar refractivity (Wildman–Crippen MR) is 118 cm³/mol. The molecule has 0 aliphatic carbocycles. The Labute approximate surface area is 180 Å². The quantitative estimate of drug-likeness (QED) is 0.618. The Morgan fingerprint density at radius 2 is 1.79 bits per heavy atom. The Kier molecular flexibility index (Phi) is 8.36. The predicted octanol–water partition coefficient (Wildman–Crippen LogP) is 2.68. The standard InChI is InChI=1S/C21H34ClN3O3S/c1-23(16-18-5-7-19(22)8-6-18)12-13-25(20-9-14-28-15-10-20)21-4-3-11-24(17-21)29(2,26)27/h5-8,20-21H,3-4,9-17H2,1-2H3. The summed E-state index contributed by atoms with van der Waals surface area (Å²) in [5.74, 6) is 0. The highest BCUT2D eigenvalue weighted by atomic mass is 35.5. The van der Waals surface area contributed by atoms with Gasteiger partial charge in [-0.2, -0.15) is 0 Å². The monoisotopic (exact) mass is 443 g/mol. The van der Waals surface area contributed by atoms with Crippen molar-refractivity contribution in [1.29, 1.82) is 0 Å². The van der Waals surface area contributed by atoms with Gasteiger partial charge in [-0.05, 0) is 50.4 Å². The van der Waals surface area contributed by atoms with E-state index in [1.807, 2.05) is 12.1 Å². The van der Waals surface area contributed by atoms with Gasteiger partial charge in [0.15, 0.2) is 0 Å². The van der Waals surface area contributed by atoms with E-state index in [4.69, 9.17) is 16.3 Å². The summed E-state index contributed by atoms with van der Waals surface area (Å²) < 4.78 is 31.4. The molecule has 0 N–H and O–H groups in total. The highest BCUT2D eigenvalue weighted by molar-refractivity contribution is 7.88. The van der Waals surface area contributed by atoms with Crippen molar-refractivity contribution in [3.8, 4) is 0 Å². The second-order valence-corrected chi connectivity index (χ2v) is 10.8. The first kappa shape index (κ1) is 23.0. The van der Waals surface area contributed by atoms with Crippen LogP contribution < -0.4 is 0 Å². The number of piperidine rings is 1. The van der Waals surface area contributed by atoms with Crippen LogP contribution in [0.4, 0.5) is 0 Å². The van der Waals surface area contributed by atoms with E-state index >= 15 is 0 Å². The number of halogens is 1. The van der Waals surface area contributed by atoms with E-state index in [9.17, 15) is 8.42 Å². The van der Waals surface area contributed by atoms with E-state index in [-0.39, 0.29) is 6.04 Å². The fourth-order valence-electron chi connectivity index (χ4n) is 4.44. The van der Waals surface area contributed by atoms with Crippen molar-refractivity contribution in [2.75, 3.05) is 52.7 Å². The lowest BCUT2D eigenvalue weighted by Crippen LogP contribution is -2.55. The highest BCUT2D eigenvalue weighted by Crippen LogP contribution is 2.24. The van der Waals surface area contributed by atoms with Crippen LogP contribution >= 0.6 is 11.6 Å². The average molecular weight is 444 g/mol. The SMILES string of the molecule is CN(CCN(C1CCOCC1)C1CCCN(S(C)(=O)=O)C1)Cc1ccc(Cl)cc1. The molecule has 29 heavy (non-hydrogen) atoms. The molecule has 2 aliphatic heterocycles. The van der Waals surface area contributed by atoms with Crippen LogP contribution in [0.3, 0.4) is 0 Å². The third-order valence-electron chi connectivity index (χ3n) is 6.06. The zero-order valence-corrected chi connectivity index (χ0v) is 19.2. The number of rotatable bonds is 8. The second kappa shape index (κ2) is 10.6. The third kappa shape index (κ3) is 6.91. The maximum atomic E-state index is 12.1. The van der Waals surface area contributed by atoms with Crippen molar-refractivity contribution < 1.29 is 13.2 Å². The van der Waals surface area contributed by atoms with E-state index in [0.29, 0.717) is 19.1 Å². The minimum Gasteiger partial charge on any atom is -0.381 e. The zero-order valence-electron chi connectivity index (χ0n) is 17.6. The zero-order chi connectivity index (χ0) is 20.9. The van der Waals surface area contributed by atoms with Crippen LogP contribution in [0.25, 0.3) is 0 Å². The molecule has 164 valence electrons. The largest absolute Gasteiger partial charge is 0.381 e. The third-order valence-corrected chi connectivity index (χ3v) is 7.58. The molecule has 1 aromatic rings. The lowest BCUT2D eigenvalue weighted by Gasteiger charge is -2.44. The molecule has 0 saturated carbocycles. The number of nitrogens with zero attached hydrogens (tertiary/aromatic N) is 3. The van der Waals surface area contributed by atoms with Gasteiger partial charge in [-0.25, -0.2) is 12.7 Å². The minimum atomic E-state index is -3.14. The first-order valence-corrected chi connectivity index (χ1v) is 12.8. The number of ether oxygens (including phenoxy) is 1. The Morgan fingerprint density at radius 3 is 2.45 bits per heavy atom. The van der Waals surface area contributed by atoms with Crippen LogP contribution in [-0.2, 0) is 21.3 Å². The molecule has 1 atom stereocenters. The van der Waals surface area contributed by atoms with Crippen molar-refractivity contribution in [2.24, 2.45) is 0 Å². The molecule has 2 heterocycles. The summed E-state index contributed by atoms with van der Waals surface area (Å²) in [5.41, 5.74) is 1.25. The molecule has 3 rings (SSSR count). The van der Waals surface area contributed by atoms with E-state index in [1.165, 1.54) is 11.8 Å². The number of benzene rings is 1. The summed E-state index contributed by atoms with van der Waals surface area (Å²) in [7, 11) is -0.998. The molecule has 0 bridgehead atoms. The summed E-state index contributed by atoms with van der Waals surface area (Å²) in [6.45, 7) is 5.60. The Balaban J connectivity index is 1.63. The maximum Gasteiger partial charge on any atom is 0.211 e. The average Bonchev–Trinajstić information content (AvgIpc) is 2.70. The van der Waals surface area contributed by atoms with Crippen molar-refractivity contribution >= 4 is 21.6 Å². The maximum absolute atomic E-state index is 12.1. The van der Waals surface area contributed by atoms with Crippen LogP contribution in [0.1, 0.15) is 31.2 Å². The Hall–Kier alpha value is -0.700. The Morgan fingerprint density at radius 1 is 1.10 bits per heavy atom. The molecule has 0 radical (unpaired) electrons. The van der Waals surface area contributed by atoms with E-state index in [1.54, 1.807) is 4.31 Å². The van der Waals surface area contributed by atoms with Gasteiger partial charge < -0.3 is 9.64 Å². The molecule has 6 nitrogen and oxygen atoms in total. The lowest BCUT2D eigenvalue weighted by atomic mass is 9.99. The molecule has 8 heteroatoms. The van der Waals surface area contributed by atoms with E-state index in [2.05, 4.69) is 29.0 Å². The molecule has 1 unspecified atom stereocenters. The van der Waals surface area contributed by atoms with Gasteiger partial charge in [0.25, 0.3) is 0 Å². The number of likely N-dealkylation sites (N-methyl/N-ethyl adjacent to an activating group) is 1. The van der Waals surface area contributed by atoms with Gasteiger partial charge in [0.1, 0.15) is 0 Å². The molecule has 2 fully saturated rings. The van der Waals surface area contributed by atoms with Crippen LogP contribution in [-0.4, -0.2) is 87.3 Å². The molecule has 2 aliphatic rings. The van der Waals surface area contributed by atoms with E-state index < -0.39 is 10.0 Å². The van der Waals surface area contributed by atoms with Crippen LogP contribution in [0, 0.1) is 0 Å². The first-order valence-electron chi connectivity index (χ1n) is 10.5. The van der Waals surface area contributed by atoms with Crippen molar-refractivity contribution in [2.45, 2.75) is 44.3 Å². The summed E-state index contributed by atoms with van der Waals surface area (Å²) in [4.78, 5) is 4.89. The van der Waals surface area contributed by atoms with Crippen LogP contribution in [0.5, 0.6) is 0 Å². The second-order valence-electron chi connectivity index (χ2n) is 8.36. The van der Waals surface area contributed by atoms with Crippen LogP contribution in [0.2, 0.25) is 5.02 Å². The smallest absolute Gasteiger partial charge is 0.211 e. The van der Waals surface area contributed by atoms with Crippen molar-refractivity contribution in [3.63, 3.8) is 0 Å². The van der Waals surface area contributed by atoms with Gasteiger partial charge in [0.2, 0.25) is 10.0 Å². The van der Waals surface area contributed by atoms with Crippen molar-refractivity contribution in [3.05, 3.63) is 34.9 Å². The summed E-state index contributed by atoms with van der Waals surface area (Å²) >= 11 is 5.99. The highest BCUT2D eigenvalue weighted by Gasteiger charge is 2.33. The fraction of sp³-hybridized carbons (Fsp3) is 0.714. The molecule has 1 aromatic carbocycles. The molecule has 0 spiro atoms. The molecule has 0 amide bonds. The Bertz CT molecular complexity index is 738. The van der Waals surface area contributed by atoms with Gasteiger partial charge in [-0.15, -0.1) is 0 Å². The minimum absolute atomic E-state index is 0.283. The number of hydrogen-bond donors (Lipinski definition) is 0. The van der Waals surface area contributed by atoms with Gasteiger partial charge in [0, 0.05) is 63.0 Å². The summed E-state index contributed by atoms with van der Waals surface area (Å²) in [5, 5.41) is 0.759. The fourth-order valence-corrected chi connectivity index (χ4v) is 5.47. The van der Waals surface area contributed by atoms with Crippen molar-refractivity contribution in [1.82, 2.24) is 14.1 Å². The number of hydrogen-bond acceptors (Lipinski definition) is 5. The molecular formula is C21H34ClN3O3S. The van der Waals surface area contributed by atoms with Gasteiger partial charge in [-0.3, -0.25) is 4.90 Å². The van der Waals surface area contributed by atoms with E-state index in [0.717, 1.165) is 63.6 Å². The molecule has 2 saturated heterocycles. The normalized spacial score (nSPS) is 22.4. The topological polar surface area (TPSA) is 53.1 Å². The molecular weight excluding hydrogens is 410 g/mol. The number of sulfonamides is 1. The van der Waals surface area contributed by atoms with Gasteiger partial charge in [-0.1, -0.05) is 23.7 Å². The molecule has 0 aromatic heterocycles. The lowest BCUT2D eigenvalue weighted by molar-refractivity contribution is 0.00275. The van der Waals surface area contributed by atoms with Gasteiger partial charge in [0.05, 0.1) is 6.26 Å². The van der Waals surface area contributed by atoms with Gasteiger partial charge >= 0.3 is 0 Å².